The molecule has 1 unspecified atom stereocenters. The van der Waals surface area contributed by atoms with E-state index in [9.17, 15) is 5.11 Å². The predicted molar refractivity (Wildman–Crippen MR) is 48.6 cm³/mol. The molecule has 1 atom stereocenters. The lowest BCUT2D eigenvalue weighted by atomic mass is 9.89. The normalized spacial score (nSPS) is 18.3. The highest BCUT2D eigenvalue weighted by atomic mass is 28.1. The summed E-state index contributed by atoms with van der Waals surface area (Å²) in [5.74, 6) is 0. The Morgan fingerprint density at radius 1 is 1.11 bits per heavy atom. The van der Waals surface area contributed by atoms with Gasteiger partial charge in [0.25, 0.3) is 0 Å². The molecule has 0 aliphatic rings. The van der Waals surface area contributed by atoms with E-state index in [2.05, 4.69) is 20.8 Å². The lowest BCUT2D eigenvalue weighted by molar-refractivity contribution is 0.0366. The van der Waals surface area contributed by atoms with Crippen LogP contribution in [0.5, 0.6) is 0 Å². The van der Waals surface area contributed by atoms with Gasteiger partial charge < -0.3 is 5.11 Å². The molecule has 0 bridgehead atoms. The standard InChI is InChI=1S/C6H16OSi.Mg.2H/c1-5(2,3)6(4,7)8;;;/h7H,1-4,8H3;;;. The first kappa shape index (κ1) is 12.6. The van der Waals surface area contributed by atoms with Gasteiger partial charge in [-0.15, -0.1) is 0 Å². The molecule has 0 radical (unpaired) electrons. The van der Waals surface area contributed by atoms with Crippen LogP contribution in [0.4, 0.5) is 0 Å². The SMILES string of the molecule is CC(C)(C)C(C)(O)[SiH3].[MgH2]. The largest absolute Gasteiger partial charge is 0.394 e. The highest BCUT2D eigenvalue weighted by Crippen LogP contribution is 2.25. The second-order valence-corrected chi connectivity index (χ2v) is 5.76. The van der Waals surface area contributed by atoms with Crippen LogP contribution in [0, 0.1) is 5.41 Å². The average molecular weight is 159 g/mol. The molecule has 0 aliphatic heterocycles. The Hall–Kier alpha value is 0.943. The molecule has 0 fully saturated rings. The molecule has 0 saturated heterocycles. The molecule has 0 aromatic heterocycles. The maximum absolute atomic E-state index is 9.42. The Balaban J connectivity index is 0. The molecule has 0 spiro atoms. The van der Waals surface area contributed by atoms with Gasteiger partial charge in [-0.1, -0.05) is 20.8 Å². The van der Waals surface area contributed by atoms with Gasteiger partial charge in [0, 0.05) is 15.5 Å². The van der Waals surface area contributed by atoms with Crippen LogP contribution in [0.1, 0.15) is 27.7 Å². The van der Waals surface area contributed by atoms with Crippen LogP contribution in [-0.4, -0.2) is 43.6 Å². The number of hydrogen-bond donors (Lipinski definition) is 1. The van der Waals surface area contributed by atoms with E-state index in [1.54, 1.807) is 0 Å². The summed E-state index contributed by atoms with van der Waals surface area (Å²) in [6.07, 6.45) is 0. The van der Waals surface area contributed by atoms with Crippen molar-refractivity contribution in [2.45, 2.75) is 32.9 Å². The first-order valence-corrected chi connectivity index (χ1v) is 3.97. The van der Waals surface area contributed by atoms with Crippen LogP contribution in [0.2, 0.25) is 0 Å². The third kappa shape index (κ3) is 4.36. The zero-order chi connectivity index (χ0) is 7.00. The average Bonchev–Trinajstić information content (AvgIpc) is 1.25. The molecule has 0 aromatic carbocycles. The van der Waals surface area contributed by atoms with E-state index in [0.717, 1.165) is 10.2 Å². The quantitative estimate of drug-likeness (QED) is 0.458. The van der Waals surface area contributed by atoms with E-state index in [0.29, 0.717) is 0 Å². The summed E-state index contributed by atoms with van der Waals surface area (Å²) in [5, 5.41) is 8.99. The zero-order valence-corrected chi connectivity index (χ0v) is 8.45. The first-order valence-electron chi connectivity index (χ1n) is 2.97. The highest BCUT2D eigenvalue weighted by molar-refractivity contribution is 6.14. The van der Waals surface area contributed by atoms with Crippen LogP contribution in [0.25, 0.3) is 0 Å². The van der Waals surface area contributed by atoms with Crippen LogP contribution in [0.15, 0.2) is 0 Å². The van der Waals surface area contributed by atoms with Crippen molar-refractivity contribution in [1.29, 1.82) is 0 Å². The summed E-state index contributed by atoms with van der Waals surface area (Å²) in [4.78, 5) is 0. The van der Waals surface area contributed by atoms with E-state index in [1.807, 2.05) is 6.92 Å². The lowest BCUT2D eigenvalue weighted by Crippen LogP contribution is -2.39. The van der Waals surface area contributed by atoms with Crippen molar-refractivity contribution in [2.24, 2.45) is 5.41 Å². The third-order valence-electron chi connectivity index (χ3n) is 1.84. The van der Waals surface area contributed by atoms with Crippen LogP contribution >= 0.6 is 0 Å². The Morgan fingerprint density at radius 3 is 1.22 bits per heavy atom. The smallest absolute Gasteiger partial charge is 0.316 e. The summed E-state index contributed by atoms with van der Waals surface area (Å²) in [5.41, 5.74) is 0.0548. The van der Waals surface area contributed by atoms with Crippen molar-refractivity contribution >= 4 is 33.3 Å². The minimum absolute atomic E-state index is 0. The Kier molecular flexibility index (Phi) is 4.72. The third-order valence-corrected chi connectivity index (χ3v) is 3.34. The molecule has 0 aromatic rings. The van der Waals surface area contributed by atoms with E-state index < -0.39 is 5.22 Å². The molecule has 0 heterocycles. The zero-order valence-electron chi connectivity index (χ0n) is 6.45. The Morgan fingerprint density at radius 2 is 1.22 bits per heavy atom. The van der Waals surface area contributed by atoms with Gasteiger partial charge in [0.05, 0.1) is 0 Å². The van der Waals surface area contributed by atoms with Gasteiger partial charge in [0.2, 0.25) is 0 Å². The predicted octanol–water partition coefficient (Wildman–Crippen LogP) is -0.810. The monoisotopic (exact) mass is 158 g/mol. The summed E-state index contributed by atoms with van der Waals surface area (Å²) < 4.78 is 0. The van der Waals surface area contributed by atoms with Crippen LogP contribution < -0.4 is 0 Å². The molecule has 1 nitrogen and oxygen atoms in total. The molecular weight excluding hydrogens is 140 g/mol. The molecular formula is C6H18MgOSi. The number of aliphatic hydroxyl groups is 1. The highest BCUT2D eigenvalue weighted by Gasteiger charge is 2.29. The molecule has 1 N–H and O–H groups in total. The fourth-order valence-corrected chi connectivity index (χ4v) is 0. The maximum Gasteiger partial charge on any atom is 0.316 e. The topological polar surface area (TPSA) is 20.2 Å². The first-order chi connectivity index (χ1) is 3.25. The molecule has 9 heavy (non-hydrogen) atoms. The van der Waals surface area contributed by atoms with Gasteiger partial charge >= 0.3 is 23.1 Å². The van der Waals surface area contributed by atoms with Crippen LogP contribution in [0.3, 0.4) is 0 Å². The Bertz CT molecular complexity index is 68.0. The second kappa shape index (κ2) is 3.37. The van der Waals surface area contributed by atoms with E-state index in [4.69, 9.17) is 0 Å². The van der Waals surface area contributed by atoms with Gasteiger partial charge in [0.15, 0.2) is 0 Å². The summed E-state index contributed by atoms with van der Waals surface area (Å²) in [7, 11) is 0.843. The van der Waals surface area contributed by atoms with E-state index in [-0.39, 0.29) is 28.5 Å². The van der Waals surface area contributed by atoms with Crippen molar-refractivity contribution in [2.75, 3.05) is 0 Å². The molecule has 0 amide bonds. The van der Waals surface area contributed by atoms with Gasteiger partial charge in [-0.25, -0.2) is 0 Å². The minimum atomic E-state index is -0.424. The van der Waals surface area contributed by atoms with Crippen molar-refractivity contribution in [1.82, 2.24) is 0 Å². The van der Waals surface area contributed by atoms with Gasteiger partial charge in [-0.2, -0.15) is 0 Å². The van der Waals surface area contributed by atoms with Crippen molar-refractivity contribution in [3.8, 4) is 0 Å². The second-order valence-electron chi connectivity index (χ2n) is 3.81. The van der Waals surface area contributed by atoms with Crippen molar-refractivity contribution in [3.05, 3.63) is 0 Å². The molecule has 3 heteroatoms. The summed E-state index contributed by atoms with van der Waals surface area (Å²) in [6.45, 7) is 8.05. The van der Waals surface area contributed by atoms with Gasteiger partial charge in [-0.3, -0.25) is 0 Å². The molecule has 0 saturated carbocycles. The van der Waals surface area contributed by atoms with Gasteiger partial charge in [0.1, 0.15) is 0 Å². The van der Waals surface area contributed by atoms with E-state index >= 15 is 0 Å². The number of hydrogen-bond acceptors (Lipinski definition) is 1. The van der Waals surface area contributed by atoms with E-state index in [1.165, 1.54) is 0 Å². The molecule has 0 rings (SSSR count). The fourth-order valence-electron chi connectivity index (χ4n) is 0. The van der Waals surface area contributed by atoms with Crippen molar-refractivity contribution in [3.63, 3.8) is 0 Å². The number of rotatable bonds is 0. The van der Waals surface area contributed by atoms with Crippen LogP contribution in [-0.2, 0) is 0 Å². The minimum Gasteiger partial charge on any atom is -0.394 e. The molecule has 0 aliphatic carbocycles. The Labute approximate surface area is 76.8 Å². The van der Waals surface area contributed by atoms with Crippen molar-refractivity contribution < 1.29 is 5.11 Å². The van der Waals surface area contributed by atoms with Gasteiger partial charge in [-0.05, 0) is 12.3 Å². The summed E-state index contributed by atoms with van der Waals surface area (Å²) in [6, 6.07) is 0. The fraction of sp³-hybridized carbons (Fsp3) is 1.00. The summed E-state index contributed by atoms with van der Waals surface area (Å²) >= 11 is 0. The lowest BCUT2D eigenvalue weighted by Gasteiger charge is -2.33. The maximum atomic E-state index is 9.42. The molecule has 54 valence electrons.